The summed E-state index contributed by atoms with van der Waals surface area (Å²) in [6.07, 6.45) is 3.18. The number of benzene rings is 2. The molecule has 0 atom stereocenters. The summed E-state index contributed by atoms with van der Waals surface area (Å²) >= 11 is 5.92. The fourth-order valence-corrected chi connectivity index (χ4v) is 3.58. The molecule has 0 radical (unpaired) electrons. The van der Waals surface area contributed by atoms with E-state index in [0.717, 1.165) is 16.9 Å². The minimum atomic E-state index is -0.533. The molecular weight excluding hydrogens is 440 g/mol. The number of ether oxygens (including phenoxy) is 2. The van der Waals surface area contributed by atoms with Crippen LogP contribution in [0.2, 0.25) is 5.02 Å². The Kier molecular flexibility index (Phi) is 7.92. The average molecular weight is 465 g/mol. The number of methoxy groups -OCH3 is 1. The fourth-order valence-electron chi connectivity index (χ4n) is 3.45. The highest BCUT2D eigenvalue weighted by Crippen LogP contribution is 2.32. The van der Waals surface area contributed by atoms with E-state index in [0.29, 0.717) is 46.3 Å². The van der Waals surface area contributed by atoms with Crippen molar-refractivity contribution in [3.63, 3.8) is 0 Å². The van der Waals surface area contributed by atoms with E-state index in [1.807, 2.05) is 25.1 Å². The Morgan fingerprint density at radius 1 is 1.09 bits per heavy atom. The summed E-state index contributed by atoms with van der Waals surface area (Å²) in [5, 5.41) is 10.2. The van der Waals surface area contributed by atoms with Crippen LogP contribution in [0.4, 0.5) is 0 Å². The van der Waals surface area contributed by atoms with Crippen molar-refractivity contribution >= 4 is 29.5 Å². The van der Waals surface area contributed by atoms with Crippen molar-refractivity contribution in [1.82, 2.24) is 4.90 Å². The number of halogens is 1. The quantitative estimate of drug-likeness (QED) is 0.390. The Bertz CT molecular complexity index is 1160. The smallest absolute Gasteiger partial charge is 0.271 e. The van der Waals surface area contributed by atoms with Gasteiger partial charge in [0.2, 0.25) is 0 Å². The summed E-state index contributed by atoms with van der Waals surface area (Å²) in [5.41, 5.74) is 2.34. The van der Waals surface area contributed by atoms with Crippen molar-refractivity contribution in [1.29, 1.82) is 5.26 Å². The minimum Gasteiger partial charge on any atom is -0.493 e. The second-order valence-electron chi connectivity index (χ2n) is 7.61. The molecule has 0 saturated heterocycles. The van der Waals surface area contributed by atoms with Crippen LogP contribution < -0.4 is 9.47 Å². The number of unbranched alkanes of at least 4 members (excludes halogenated alkanes) is 1. The summed E-state index contributed by atoms with van der Waals surface area (Å²) < 4.78 is 11.4. The Labute approximate surface area is 198 Å². The van der Waals surface area contributed by atoms with Gasteiger partial charge in [-0.3, -0.25) is 14.5 Å². The second kappa shape index (κ2) is 10.8. The van der Waals surface area contributed by atoms with E-state index in [9.17, 15) is 14.9 Å². The molecule has 0 aliphatic carbocycles. The molecule has 0 spiro atoms. The summed E-state index contributed by atoms with van der Waals surface area (Å²) in [4.78, 5) is 26.8. The number of amides is 2. The monoisotopic (exact) mass is 464 g/mol. The third-order valence-electron chi connectivity index (χ3n) is 5.37. The molecule has 0 bridgehead atoms. The van der Waals surface area contributed by atoms with Gasteiger partial charge >= 0.3 is 0 Å². The maximum absolute atomic E-state index is 13.1. The van der Waals surface area contributed by atoms with Gasteiger partial charge in [-0.2, -0.15) is 5.26 Å². The zero-order valence-electron chi connectivity index (χ0n) is 18.9. The predicted molar refractivity (Wildman–Crippen MR) is 127 cm³/mol. The van der Waals surface area contributed by atoms with Crippen LogP contribution in [0.15, 0.2) is 59.2 Å². The summed E-state index contributed by atoms with van der Waals surface area (Å²) in [6.45, 7) is 4.22. The van der Waals surface area contributed by atoms with Crippen molar-refractivity contribution in [2.24, 2.45) is 0 Å². The lowest BCUT2D eigenvalue weighted by atomic mass is 9.93. The number of rotatable bonds is 8. The van der Waals surface area contributed by atoms with Crippen LogP contribution in [-0.2, 0) is 16.2 Å². The molecule has 0 unspecified atom stereocenters. The van der Waals surface area contributed by atoms with Crippen LogP contribution in [0.1, 0.15) is 37.8 Å². The lowest BCUT2D eigenvalue weighted by Crippen LogP contribution is -2.43. The van der Waals surface area contributed by atoms with Crippen LogP contribution in [-0.4, -0.2) is 30.4 Å². The molecule has 1 heterocycles. The van der Waals surface area contributed by atoms with E-state index in [-0.39, 0.29) is 12.1 Å². The Morgan fingerprint density at radius 2 is 1.82 bits per heavy atom. The van der Waals surface area contributed by atoms with Crippen molar-refractivity contribution in [3.05, 3.63) is 75.3 Å². The SMILES string of the molecule is CCCCN1C(=O)C(C#N)=C(C)/C(=C\c2ccc(OCc3ccc(Cl)cc3)c(OC)c2)C1=O. The van der Waals surface area contributed by atoms with E-state index in [1.54, 1.807) is 43.3 Å². The number of nitriles is 1. The Morgan fingerprint density at radius 3 is 2.45 bits per heavy atom. The molecule has 0 saturated carbocycles. The maximum atomic E-state index is 13.1. The van der Waals surface area contributed by atoms with E-state index < -0.39 is 11.8 Å². The molecule has 7 heteroatoms. The number of carbonyl (C=O) groups excluding carboxylic acids is 2. The molecule has 2 aromatic carbocycles. The first-order valence-electron chi connectivity index (χ1n) is 10.6. The van der Waals surface area contributed by atoms with Crippen LogP contribution in [0, 0.1) is 11.3 Å². The van der Waals surface area contributed by atoms with Gasteiger partial charge in [0, 0.05) is 17.1 Å². The molecule has 170 valence electrons. The highest BCUT2D eigenvalue weighted by Gasteiger charge is 2.34. The second-order valence-corrected chi connectivity index (χ2v) is 8.05. The van der Waals surface area contributed by atoms with Gasteiger partial charge in [0.15, 0.2) is 11.5 Å². The average Bonchev–Trinajstić information content (AvgIpc) is 2.82. The lowest BCUT2D eigenvalue weighted by Gasteiger charge is -2.27. The van der Waals surface area contributed by atoms with Crippen molar-refractivity contribution in [3.8, 4) is 17.6 Å². The van der Waals surface area contributed by atoms with Gasteiger partial charge in [0.1, 0.15) is 18.2 Å². The highest BCUT2D eigenvalue weighted by atomic mass is 35.5. The van der Waals surface area contributed by atoms with Crippen LogP contribution in [0.3, 0.4) is 0 Å². The predicted octanol–water partition coefficient (Wildman–Crippen LogP) is 5.32. The van der Waals surface area contributed by atoms with E-state index in [1.165, 1.54) is 7.11 Å². The van der Waals surface area contributed by atoms with Gasteiger partial charge in [0.05, 0.1) is 7.11 Å². The van der Waals surface area contributed by atoms with E-state index >= 15 is 0 Å². The Balaban J connectivity index is 1.90. The third-order valence-corrected chi connectivity index (χ3v) is 5.62. The van der Waals surface area contributed by atoms with E-state index in [2.05, 4.69) is 0 Å². The van der Waals surface area contributed by atoms with Crippen molar-refractivity contribution in [2.75, 3.05) is 13.7 Å². The molecule has 6 nitrogen and oxygen atoms in total. The van der Waals surface area contributed by atoms with E-state index in [4.69, 9.17) is 21.1 Å². The van der Waals surface area contributed by atoms with Gasteiger partial charge < -0.3 is 9.47 Å². The highest BCUT2D eigenvalue weighted by molar-refractivity contribution is 6.30. The largest absolute Gasteiger partial charge is 0.493 e. The number of carbonyl (C=O) groups is 2. The van der Waals surface area contributed by atoms with Gasteiger partial charge in [-0.1, -0.05) is 43.1 Å². The number of hydrogen-bond acceptors (Lipinski definition) is 5. The molecule has 1 aliphatic heterocycles. The van der Waals surface area contributed by atoms with Crippen molar-refractivity contribution in [2.45, 2.75) is 33.3 Å². The Hall–Kier alpha value is -3.56. The molecule has 33 heavy (non-hydrogen) atoms. The number of nitrogens with zero attached hydrogens (tertiary/aromatic N) is 2. The van der Waals surface area contributed by atoms with Gasteiger partial charge in [-0.05, 0) is 60.4 Å². The number of hydrogen-bond donors (Lipinski definition) is 0. The first kappa shape index (κ1) is 24.1. The van der Waals surface area contributed by atoms with Crippen LogP contribution in [0.25, 0.3) is 6.08 Å². The molecule has 2 aromatic rings. The summed E-state index contributed by atoms with van der Waals surface area (Å²) in [5.74, 6) is 0.123. The van der Waals surface area contributed by atoms with Gasteiger partial charge in [0.25, 0.3) is 11.8 Å². The maximum Gasteiger partial charge on any atom is 0.271 e. The molecule has 3 rings (SSSR count). The normalized spacial score (nSPS) is 15.1. The van der Waals surface area contributed by atoms with Gasteiger partial charge in [-0.25, -0.2) is 0 Å². The zero-order chi connectivity index (χ0) is 24.0. The number of imide groups is 1. The molecular formula is C26H25ClN2O4. The van der Waals surface area contributed by atoms with Gasteiger partial charge in [-0.15, -0.1) is 0 Å². The molecule has 0 fully saturated rings. The standard InChI is InChI=1S/C26H25ClN2O4/c1-4-5-12-29-25(30)21(17(2)22(15-28)26(29)31)13-19-8-11-23(24(14-19)32-3)33-16-18-6-9-20(27)10-7-18/h6-11,13-14H,4-5,12,16H2,1-3H3/b21-13+. The molecule has 0 aromatic heterocycles. The molecule has 2 amide bonds. The first-order valence-corrected chi connectivity index (χ1v) is 11.0. The lowest BCUT2D eigenvalue weighted by molar-refractivity contribution is -0.140. The van der Waals surface area contributed by atoms with Crippen molar-refractivity contribution < 1.29 is 19.1 Å². The molecule has 0 N–H and O–H groups in total. The third kappa shape index (κ3) is 5.44. The topological polar surface area (TPSA) is 79.6 Å². The summed E-state index contributed by atoms with van der Waals surface area (Å²) in [7, 11) is 1.54. The van der Waals surface area contributed by atoms with Crippen LogP contribution in [0.5, 0.6) is 11.5 Å². The van der Waals surface area contributed by atoms with Crippen LogP contribution >= 0.6 is 11.6 Å². The minimum absolute atomic E-state index is 0.00756. The zero-order valence-corrected chi connectivity index (χ0v) is 19.6. The molecule has 1 aliphatic rings. The fraction of sp³-hybridized carbons (Fsp3) is 0.269. The summed E-state index contributed by atoms with van der Waals surface area (Å²) in [6, 6.07) is 14.6. The first-order chi connectivity index (χ1) is 15.9.